The molecule has 3 aliphatic rings. The molecule has 4 aromatic rings. The average molecular weight is 759 g/mol. The first-order chi connectivity index (χ1) is 26.0. The number of amides is 5. The van der Waals surface area contributed by atoms with Gasteiger partial charge in [-0.15, -0.1) is 0 Å². The van der Waals surface area contributed by atoms with Crippen molar-refractivity contribution < 1.29 is 38.2 Å². The molecule has 54 heavy (non-hydrogen) atoms. The van der Waals surface area contributed by atoms with E-state index in [0.717, 1.165) is 4.90 Å². The van der Waals surface area contributed by atoms with Crippen molar-refractivity contribution in [2.45, 2.75) is 38.5 Å². The van der Waals surface area contributed by atoms with Crippen LogP contribution < -0.4 is 35.9 Å². The van der Waals surface area contributed by atoms with Crippen LogP contribution in [0.1, 0.15) is 40.5 Å². The third kappa shape index (κ3) is 7.14. The maximum atomic E-state index is 13.2. The molecule has 5 amide bonds. The van der Waals surface area contributed by atoms with Gasteiger partial charge in [0.1, 0.15) is 29.5 Å². The largest absolute Gasteiger partial charge is 0.491 e. The van der Waals surface area contributed by atoms with Gasteiger partial charge < -0.3 is 34.3 Å². The molecule has 7 rings (SSSR count). The number of aryl methyl sites for hydroxylation is 1. The highest BCUT2D eigenvalue weighted by atomic mass is 35.5. The molecule has 2 saturated heterocycles. The van der Waals surface area contributed by atoms with E-state index in [1.54, 1.807) is 28.8 Å². The summed E-state index contributed by atoms with van der Waals surface area (Å²) >= 11 is 6.52. The first-order valence-electron chi connectivity index (χ1n) is 17.2. The number of fused-ring (bicyclic) bond motifs is 2. The highest BCUT2D eigenvalue weighted by Crippen LogP contribution is 2.31. The van der Waals surface area contributed by atoms with Crippen LogP contribution in [0.15, 0.2) is 53.5 Å². The molecule has 0 saturated carbocycles. The van der Waals surface area contributed by atoms with E-state index in [2.05, 4.69) is 25.9 Å². The number of ether oxygens (including phenoxy) is 3. The summed E-state index contributed by atoms with van der Waals surface area (Å²) in [6.45, 7) is 3.28. The lowest BCUT2D eigenvalue weighted by atomic mass is 10.0. The fraction of sp³-hybridized carbons (Fsp3) is 0.333. The Bertz CT molecular complexity index is 2260. The molecule has 1 unspecified atom stereocenters. The number of carbonyl (C=O) groups excluding carboxylic acids is 5. The van der Waals surface area contributed by atoms with Gasteiger partial charge in [0.15, 0.2) is 18.2 Å². The molecule has 2 atom stereocenters. The third-order valence-corrected chi connectivity index (χ3v) is 9.55. The molecule has 18 heteroatoms. The van der Waals surface area contributed by atoms with Crippen molar-refractivity contribution in [3.63, 3.8) is 0 Å². The quantitative estimate of drug-likeness (QED) is 0.188. The molecule has 0 bridgehead atoms. The number of imide groups is 2. The van der Waals surface area contributed by atoms with E-state index < -0.39 is 35.8 Å². The maximum absolute atomic E-state index is 13.2. The number of carbonyl (C=O) groups is 5. The van der Waals surface area contributed by atoms with Gasteiger partial charge in [0.2, 0.25) is 17.8 Å². The fourth-order valence-corrected chi connectivity index (χ4v) is 6.68. The Morgan fingerprint density at radius 1 is 1.06 bits per heavy atom. The molecule has 2 aromatic carbocycles. The molecular weight excluding hydrogens is 724 g/mol. The average Bonchev–Trinajstić information content (AvgIpc) is 3.41. The van der Waals surface area contributed by atoms with Gasteiger partial charge in [0.25, 0.3) is 23.3 Å². The molecule has 0 spiro atoms. The van der Waals surface area contributed by atoms with E-state index in [0.29, 0.717) is 60.3 Å². The first kappa shape index (κ1) is 36.3. The standard InChI is InChI=1S/C36H35ClN8O9/c1-3-44-26-7-4-20(12-19(26)13-28(35(44)51)54-18-30(47)38-2)40-31-25(37)15-39-36(42-31)43-10-11-52-22(16-43)17-53-21-5-6-23-24(14-21)34(50)45(33(23)49)27-8-9-29(46)41-32(27)48/h4-7,12-15,22,27H,3,8-11,16-18H2,1-2H3,(H,38,47)(H,39,40,42)(H,41,46,48)/t22-,27?/m0/s1. The zero-order valence-electron chi connectivity index (χ0n) is 29.2. The van der Waals surface area contributed by atoms with Crippen LogP contribution in [-0.2, 0) is 25.7 Å². The van der Waals surface area contributed by atoms with Crippen molar-refractivity contribution in [1.29, 1.82) is 0 Å². The molecule has 3 aliphatic heterocycles. The number of anilines is 3. The predicted octanol–water partition coefficient (Wildman–Crippen LogP) is 2.02. The number of nitrogens with zero attached hydrogens (tertiary/aromatic N) is 5. The lowest BCUT2D eigenvalue weighted by Gasteiger charge is -2.33. The van der Waals surface area contributed by atoms with Crippen LogP contribution in [-0.4, -0.2) is 101 Å². The number of hydrogen-bond donors (Lipinski definition) is 3. The number of rotatable bonds is 11. The molecule has 0 aliphatic carbocycles. The Kier molecular flexibility index (Phi) is 10.2. The van der Waals surface area contributed by atoms with Crippen LogP contribution in [0.3, 0.4) is 0 Å². The van der Waals surface area contributed by atoms with Crippen molar-refractivity contribution in [3.05, 3.63) is 75.2 Å². The fourth-order valence-electron chi connectivity index (χ4n) is 6.54. The van der Waals surface area contributed by atoms with Crippen LogP contribution in [0.5, 0.6) is 11.5 Å². The molecular formula is C36H35ClN8O9. The Hall–Kier alpha value is -6.07. The topological polar surface area (TPSA) is 203 Å². The monoisotopic (exact) mass is 758 g/mol. The Labute approximate surface area is 312 Å². The normalized spacial score (nSPS) is 18.4. The molecule has 2 aromatic heterocycles. The second kappa shape index (κ2) is 15.1. The number of nitrogens with one attached hydrogen (secondary N) is 3. The van der Waals surface area contributed by atoms with E-state index in [1.165, 1.54) is 25.4 Å². The molecule has 2 fully saturated rings. The number of piperidine rings is 1. The second-order valence-corrected chi connectivity index (χ2v) is 13.1. The SMILES string of the molecule is CCn1c(=O)c(OCC(=O)NC)cc2cc(Nc3nc(N4CCO[C@H](COc5ccc6c(c5)C(=O)N(C5CCC(=O)NC5=O)C6=O)C4)ncc3Cl)ccc21. The Morgan fingerprint density at radius 2 is 1.87 bits per heavy atom. The lowest BCUT2D eigenvalue weighted by molar-refractivity contribution is -0.136. The van der Waals surface area contributed by atoms with Gasteiger partial charge in [0.05, 0.1) is 36.0 Å². The summed E-state index contributed by atoms with van der Waals surface area (Å²) < 4.78 is 19.0. The highest BCUT2D eigenvalue weighted by Gasteiger charge is 2.44. The molecule has 5 heterocycles. The Morgan fingerprint density at radius 3 is 2.65 bits per heavy atom. The summed E-state index contributed by atoms with van der Waals surface area (Å²) in [5.41, 5.74) is 1.25. The smallest absolute Gasteiger partial charge is 0.293 e. The van der Waals surface area contributed by atoms with Crippen molar-refractivity contribution in [2.24, 2.45) is 0 Å². The number of hydrogen-bond acceptors (Lipinski definition) is 13. The minimum absolute atomic E-state index is 0.0320. The van der Waals surface area contributed by atoms with Gasteiger partial charge in [0, 0.05) is 37.6 Å². The summed E-state index contributed by atoms with van der Waals surface area (Å²) in [7, 11) is 1.49. The summed E-state index contributed by atoms with van der Waals surface area (Å²) in [5.74, 6) is -1.56. The molecule has 0 radical (unpaired) electrons. The number of morpholine rings is 1. The van der Waals surface area contributed by atoms with Crippen molar-refractivity contribution in [3.8, 4) is 11.5 Å². The molecule has 17 nitrogen and oxygen atoms in total. The van der Waals surface area contributed by atoms with Gasteiger partial charge in [-0.05, 0) is 55.8 Å². The third-order valence-electron chi connectivity index (χ3n) is 9.28. The summed E-state index contributed by atoms with van der Waals surface area (Å²) in [6, 6.07) is 10.5. The van der Waals surface area contributed by atoms with E-state index in [9.17, 15) is 28.8 Å². The van der Waals surface area contributed by atoms with Crippen LogP contribution >= 0.6 is 11.6 Å². The van der Waals surface area contributed by atoms with Gasteiger partial charge in [-0.2, -0.15) is 4.98 Å². The van der Waals surface area contributed by atoms with E-state index >= 15 is 0 Å². The van der Waals surface area contributed by atoms with Crippen LogP contribution in [0, 0.1) is 0 Å². The van der Waals surface area contributed by atoms with Crippen LogP contribution in [0.25, 0.3) is 10.9 Å². The highest BCUT2D eigenvalue weighted by molar-refractivity contribution is 6.33. The summed E-state index contributed by atoms with van der Waals surface area (Å²) in [4.78, 5) is 86.9. The van der Waals surface area contributed by atoms with Crippen LogP contribution in [0.4, 0.5) is 17.5 Å². The van der Waals surface area contributed by atoms with Crippen molar-refractivity contribution >= 4 is 69.5 Å². The second-order valence-electron chi connectivity index (χ2n) is 12.7. The minimum atomic E-state index is -1.06. The summed E-state index contributed by atoms with van der Waals surface area (Å²) in [5, 5.41) is 8.86. The number of pyridine rings is 1. The van der Waals surface area contributed by atoms with Gasteiger partial charge in [-0.1, -0.05) is 11.6 Å². The van der Waals surface area contributed by atoms with E-state index in [4.69, 9.17) is 25.8 Å². The van der Waals surface area contributed by atoms with Crippen LogP contribution in [0.2, 0.25) is 5.02 Å². The zero-order valence-corrected chi connectivity index (χ0v) is 30.0. The van der Waals surface area contributed by atoms with E-state index in [1.807, 2.05) is 17.9 Å². The maximum Gasteiger partial charge on any atom is 0.293 e. The number of aromatic nitrogens is 3. The number of benzene rings is 2. The Balaban J connectivity index is 1.02. The van der Waals surface area contributed by atoms with Crippen molar-refractivity contribution in [1.82, 2.24) is 30.1 Å². The van der Waals surface area contributed by atoms with E-state index in [-0.39, 0.29) is 59.4 Å². The number of likely N-dealkylation sites (N-methyl/N-ethyl adjacent to an activating group) is 1. The minimum Gasteiger partial charge on any atom is -0.491 e. The van der Waals surface area contributed by atoms with Gasteiger partial charge in [-0.3, -0.25) is 39.0 Å². The predicted molar refractivity (Wildman–Crippen MR) is 194 cm³/mol. The first-order valence-corrected chi connectivity index (χ1v) is 17.6. The van der Waals surface area contributed by atoms with Crippen molar-refractivity contribution in [2.75, 3.05) is 50.2 Å². The number of halogens is 1. The molecule has 3 N–H and O–H groups in total. The summed E-state index contributed by atoms with van der Waals surface area (Å²) in [6.07, 6.45) is 1.19. The van der Waals surface area contributed by atoms with Gasteiger partial charge >= 0.3 is 0 Å². The van der Waals surface area contributed by atoms with Gasteiger partial charge in [-0.25, -0.2) is 4.98 Å². The zero-order chi connectivity index (χ0) is 38.1. The lowest BCUT2D eigenvalue weighted by Crippen LogP contribution is -2.54. The molecule has 280 valence electrons.